The van der Waals surface area contributed by atoms with Gasteiger partial charge >= 0.3 is 0 Å². The van der Waals surface area contributed by atoms with Crippen molar-refractivity contribution in [2.24, 2.45) is 0 Å². The molecule has 3 rings (SSSR count). The molecule has 0 aliphatic carbocycles. The Morgan fingerprint density at radius 1 is 1.10 bits per heavy atom. The molecule has 3 aromatic rings. The number of para-hydroxylation sites is 1. The van der Waals surface area contributed by atoms with Gasteiger partial charge in [0.1, 0.15) is 5.75 Å². The number of rotatable bonds is 5. The van der Waals surface area contributed by atoms with Gasteiger partial charge in [-0.05, 0) is 42.6 Å². The maximum atomic E-state index is 5.46. The molecule has 1 unspecified atom stereocenters. The van der Waals surface area contributed by atoms with Crippen molar-refractivity contribution in [2.45, 2.75) is 12.5 Å². The topological polar surface area (TPSA) is 21.3 Å². The number of hydrogen-bond acceptors (Lipinski definition) is 3. The summed E-state index contributed by atoms with van der Waals surface area (Å²) in [5.74, 6) is 0.957. The van der Waals surface area contributed by atoms with Crippen LogP contribution in [0.1, 0.15) is 16.5 Å². The average Bonchev–Trinajstić information content (AvgIpc) is 2.96. The fourth-order valence-corrected chi connectivity index (χ4v) is 3.79. The molecular formula is C18H19NOS. The number of fused-ring (bicyclic) bond motifs is 1. The molecule has 21 heavy (non-hydrogen) atoms. The van der Waals surface area contributed by atoms with Crippen LogP contribution in [0.15, 0.2) is 54.6 Å². The van der Waals surface area contributed by atoms with Gasteiger partial charge in [0, 0.05) is 15.6 Å². The van der Waals surface area contributed by atoms with E-state index in [2.05, 4.69) is 47.8 Å². The second-order valence-corrected chi connectivity index (χ2v) is 6.16. The predicted octanol–water partition coefficient (Wildman–Crippen LogP) is 4.41. The zero-order valence-corrected chi connectivity index (χ0v) is 13.1. The molecule has 3 heteroatoms. The lowest BCUT2D eigenvalue weighted by Gasteiger charge is -2.16. The molecule has 2 nitrogen and oxygen atoms in total. The minimum Gasteiger partial charge on any atom is -0.496 e. The number of benzene rings is 2. The summed E-state index contributed by atoms with van der Waals surface area (Å²) < 4.78 is 6.80. The molecule has 0 fully saturated rings. The van der Waals surface area contributed by atoms with Gasteiger partial charge in [-0.15, -0.1) is 11.3 Å². The summed E-state index contributed by atoms with van der Waals surface area (Å²) in [5, 5.41) is 4.75. The maximum Gasteiger partial charge on any atom is 0.122 e. The monoisotopic (exact) mass is 297 g/mol. The van der Waals surface area contributed by atoms with Gasteiger partial charge in [-0.3, -0.25) is 0 Å². The first-order valence-electron chi connectivity index (χ1n) is 7.09. The molecule has 2 aromatic carbocycles. The molecule has 1 atom stereocenters. The van der Waals surface area contributed by atoms with Gasteiger partial charge in [-0.2, -0.15) is 0 Å². The maximum absolute atomic E-state index is 5.46. The SMILES string of the molecule is CNC(Cc1ccccc1OC)c1cc2ccccc2s1. The van der Waals surface area contributed by atoms with Gasteiger partial charge in [-0.1, -0.05) is 36.4 Å². The van der Waals surface area contributed by atoms with E-state index in [1.165, 1.54) is 20.5 Å². The first-order chi connectivity index (χ1) is 10.3. The third kappa shape index (κ3) is 2.94. The van der Waals surface area contributed by atoms with Crippen LogP contribution in [0.2, 0.25) is 0 Å². The Hall–Kier alpha value is -1.84. The summed E-state index contributed by atoms with van der Waals surface area (Å²) in [6.07, 6.45) is 0.924. The number of methoxy groups -OCH3 is 1. The molecule has 1 N–H and O–H groups in total. The molecule has 108 valence electrons. The van der Waals surface area contributed by atoms with Crippen molar-refractivity contribution in [2.75, 3.05) is 14.2 Å². The van der Waals surface area contributed by atoms with Crippen LogP contribution in [0.25, 0.3) is 10.1 Å². The molecule has 1 heterocycles. The molecule has 0 spiro atoms. The van der Waals surface area contributed by atoms with Crippen molar-refractivity contribution in [3.63, 3.8) is 0 Å². The standard InChI is InChI=1S/C18H19NOS/c1-19-15(11-13-7-3-5-9-16(13)20-2)18-12-14-8-4-6-10-17(14)21-18/h3-10,12,15,19H,11H2,1-2H3. The van der Waals surface area contributed by atoms with Crippen molar-refractivity contribution < 1.29 is 4.74 Å². The van der Waals surface area contributed by atoms with Gasteiger partial charge in [-0.25, -0.2) is 0 Å². The van der Waals surface area contributed by atoms with Crippen molar-refractivity contribution >= 4 is 21.4 Å². The number of ether oxygens (including phenoxy) is 1. The molecule has 1 aromatic heterocycles. The summed E-state index contributed by atoms with van der Waals surface area (Å²) in [6.45, 7) is 0. The van der Waals surface area contributed by atoms with E-state index in [0.717, 1.165) is 12.2 Å². The van der Waals surface area contributed by atoms with E-state index in [4.69, 9.17) is 4.74 Å². The van der Waals surface area contributed by atoms with Crippen LogP contribution < -0.4 is 10.1 Å². The van der Waals surface area contributed by atoms with E-state index in [1.807, 2.05) is 30.5 Å². The molecule has 0 amide bonds. The Bertz CT molecular complexity index is 702. The Morgan fingerprint density at radius 2 is 1.86 bits per heavy atom. The van der Waals surface area contributed by atoms with Crippen LogP contribution >= 0.6 is 11.3 Å². The fraction of sp³-hybridized carbons (Fsp3) is 0.222. The Balaban J connectivity index is 1.91. The molecule has 0 radical (unpaired) electrons. The second-order valence-electron chi connectivity index (χ2n) is 5.04. The molecule has 0 bridgehead atoms. The summed E-state index contributed by atoms with van der Waals surface area (Å²) >= 11 is 1.86. The molecule has 0 aliphatic rings. The van der Waals surface area contributed by atoms with Gasteiger partial charge in [0.15, 0.2) is 0 Å². The van der Waals surface area contributed by atoms with E-state index in [-0.39, 0.29) is 0 Å². The molecular weight excluding hydrogens is 278 g/mol. The van der Waals surface area contributed by atoms with Crippen LogP contribution in [0.3, 0.4) is 0 Å². The molecule has 0 saturated heterocycles. The Morgan fingerprint density at radius 3 is 2.62 bits per heavy atom. The Kier molecular flexibility index (Phi) is 4.23. The zero-order valence-electron chi connectivity index (χ0n) is 12.3. The van der Waals surface area contributed by atoms with E-state index in [9.17, 15) is 0 Å². The minimum atomic E-state index is 0.304. The number of likely N-dealkylation sites (N-methyl/N-ethyl adjacent to an activating group) is 1. The van der Waals surface area contributed by atoms with Gasteiger partial charge in [0.25, 0.3) is 0 Å². The number of thiophene rings is 1. The van der Waals surface area contributed by atoms with Crippen molar-refractivity contribution in [1.82, 2.24) is 5.32 Å². The highest BCUT2D eigenvalue weighted by molar-refractivity contribution is 7.19. The van der Waals surface area contributed by atoms with Crippen LogP contribution in [-0.2, 0) is 6.42 Å². The summed E-state index contributed by atoms with van der Waals surface area (Å²) in [6, 6.07) is 19.4. The highest BCUT2D eigenvalue weighted by atomic mass is 32.1. The van der Waals surface area contributed by atoms with Crippen molar-refractivity contribution in [1.29, 1.82) is 0 Å². The third-order valence-electron chi connectivity index (χ3n) is 3.75. The van der Waals surface area contributed by atoms with Crippen molar-refractivity contribution in [3.8, 4) is 5.75 Å². The second kappa shape index (κ2) is 6.29. The zero-order chi connectivity index (χ0) is 14.7. The Labute approximate surface area is 129 Å². The molecule has 0 saturated carbocycles. The largest absolute Gasteiger partial charge is 0.496 e. The fourth-order valence-electron chi connectivity index (χ4n) is 2.61. The molecule has 0 aliphatic heterocycles. The van der Waals surface area contributed by atoms with E-state index in [0.29, 0.717) is 6.04 Å². The smallest absolute Gasteiger partial charge is 0.122 e. The van der Waals surface area contributed by atoms with Crippen molar-refractivity contribution in [3.05, 3.63) is 65.0 Å². The lowest BCUT2D eigenvalue weighted by atomic mass is 10.0. The third-order valence-corrected chi connectivity index (χ3v) is 4.98. The van der Waals surface area contributed by atoms with E-state index >= 15 is 0 Å². The summed E-state index contributed by atoms with van der Waals surface area (Å²) in [5.41, 5.74) is 1.23. The van der Waals surface area contributed by atoms with Crippen LogP contribution in [0.4, 0.5) is 0 Å². The predicted molar refractivity (Wildman–Crippen MR) is 90.3 cm³/mol. The number of hydrogen-bond donors (Lipinski definition) is 1. The van der Waals surface area contributed by atoms with Crippen LogP contribution in [-0.4, -0.2) is 14.2 Å². The van der Waals surface area contributed by atoms with Gasteiger partial charge < -0.3 is 10.1 Å². The van der Waals surface area contributed by atoms with Crippen LogP contribution in [0.5, 0.6) is 5.75 Å². The lowest BCUT2D eigenvalue weighted by Crippen LogP contribution is -2.18. The minimum absolute atomic E-state index is 0.304. The summed E-state index contributed by atoms with van der Waals surface area (Å²) in [4.78, 5) is 1.37. The number of nitrogens with one attached hydrogen (secondary N) is 1. The van der Waals surface area contributed by atoms with Gasteiger partial charge in [0.05, 0.1) is 7.11 Å². The normalized spacial score (nSPS) is 12.5. The van der Waals surface area contributed by atoms with Crippen LogP contribution in [0, 0.1) is 0 Å². The van der Waals surface area contributed by atoms with E-state index < -0.39 is 0 Å². The first kappa shape index (κ1) is 14.1. The average molecular weight is 297 g/mol. The first-order valence-corrected chi connectivity index (χ1v) is 7.91. The quantitative estimate of drug-likeness (QED) is 0.753. The highest BCUT2D eigenvalue weighted by Gasteiger charge is 2.15. The van der Waals surface area contributed by atoms with Gasteiger partial charge in [0.2, 0.25) is 0 Å². The summed E-state index contributed by atoms with van der Waals surface area (Å²) in [7, 11) is 3.75. The lowest BCUT2D eigenvalue weighted by molar-refractivity contribution is 0.406. The highest BCUT2D eigenvalue weighted by Crippen LogP contribution is 2.32. The van der Waals surface area contributed by atoms with E-state index in [1.54, 1.807) is 7.11 Å².